The van der Waals surface area contributed by atoms with Crippen LogP contribution in [0.2, 0.25) is 0 Å². The summed E-state index contributed by atoms with van der Waals surface area (Å²) in [6, 6.07) is 10.8. The van der Waals surface area contributed by atoms with E-state index >= 15 is 0 Å². The van der Waals surface area contributed by atoms with Crippen LogP contribution in [0.4, 0.5) is 0 Å². The Morgan fingerprint density at radius 2 is 2.06 bits per heavy atom. The number of hydrogen-bond acceptors (Lipinski definition) is 3. The predicted octanol–water partition coefficient (Wildman–Crippen LogP) is 2.97. The van der Waals surface area contributed by atoms with E-state index in [2.05, 4.69) is 4.98 Å². The SMILES string of the molecule is COc1cc(O)cc(/C=C/c2ccccn2)c1. The van der Waals surface area contributed by atoms with Crippen molar-refractivity contribution in [2.45, 2.75) is 0 Å². The highest BCUT2D eigenvalue weighted by Gasteiger charge is 1.97. The molecule has 86 valence electrons. The minimum Gasteiger partial charge on any atom is -0.508 e. The first-order valence-corrected chi connectivity index (χ1v) is 5.25. The molecule has 0 radical (unpaired) electrons. The van der Waals surface area contributed by atoms with E-state index in [0.717, 1.165) is 11.3 Å². The van der Waals surface area contributed by atoms with Crippen molar-refractivity contribution in [3.05, 3.63) is 53.9 Å². The molecule has 3 heteroatoms. The number of aromatic nitrogens is 1. The van der Waals surface area contributed by atoms with Crippen LogP contribution in [0.5, 0.6) is 11.5 Å². The fraction of sp³-hybridized carbons (Fsp3) is 0.0714. The van der Waals surface area contributed by atoms with Crippen LogP contribution in [0.3, 0.4) is 0 Å². The number of phenols is 1. The number of nitrogens with zero attached hydrogens (tertiary/aromatic N) is 1. The van der Waals surface area contributed by atoms with E-state index in [1.165, 1.54) is 0 Å². The summed E-state index contributed by atoms with van der Waals surface area (Å²) in [5, 5.41) is 9.49. The van der Waals surface area contributed by atoms with Gasteiger partial charge in [-0.3, -0.25) is 4.98 Å². The minimum atomic E-state index is 0.185. The Labute approximate surface area is 100 Å². The van der Waals surface area contributed by atoms with E-state index in [1.807, 2.05) is 36.4 Å². The first-order valence-electron chi connectivity index (χ1n) is 5.25. The van der Waals surface area contributed by atoms with Crippen LogP contribution in [0, 0.1) is 0 Å². The molecule has 1 N–H and O–H groups in total. The van der Waals surface area contributed by atoms with Gasteiger partial charge in [0.2, 0.25) is 0 Å². The van der Waals surface area contributed by atoms with Crippen LogP contribution in [0.15, 0.2) is 42.6 Å². The lowest BCUT2D eigenvalue weighted by Gasteiger charge is -2.02. The summed E-state index contributed by atoms with van der Waals surface area (Å²) in [6.45, 7) is 0. The van der Waals surface area contributed by atoms with Crippen molar-refractivity contribution in [2.24, 2.45) is 0 Å². The molecule has 0 aliphatic heterocycles. The Bertz CT molecular complexity index is 521. The molecule has 0 atom stereocenters. The maximum atomic E-state index is 9.49. The molecule has 2 rings (SSSR count). The Kier molecular flexibility index (Phi) is 3.40. The molecule has 17 heavy (non-hydrogen) atoms. The number of benzene rings is 1. The first kappa shape index (κ1) is 11.2. The number of pyridine rings is 1. The second kappa shape index (κ2) is 5.16. The first-order chi connectivity index (χ1) is 8.28. The van der Waals surface area contributed by atoms with E-state index in [9.17, 15) is 5.11 Å². The molecule has 0 aliphatic rings. The standard InChI is InChI=1S/C14H13NO2/c1-17-14-9-11(8-13(16)10-14)5-6-12-4-2-3-7-15-12/h2-10,16H,1H3/b6-5+. The molecular formula is C14H13NO2. The average molecular weight is 227 g/mol. The summed E-state index contributed by atoms with van der Waals surface area (Å²) in [7, 11) is 1.57. The number of rotatable bonds is 3. The third-order valence-electron chi connectivity index (χ3n) is 2.28. The third-order valence-corrected chi connectivity index (χ3v) is 2.28. The van der Waals surface area contributed by atoms with Crippen LogP contribution >= 0.6 is 0 Å². The number of methoxy groups -OCH3 is 1. The summed E-state index contributed by atoms with van der Waals surface area (Å²) in [5.41, 5.74) is 1.74. The van der Waals surface area contributed by atoms with Gasteiger partial charge in [0.15, 0.2) is 0 Å². The fourth-order valence-electron chi connectivity index (χ4n) is 1.48. The zero-order chi connectivity index (χ0) is 12.1. The number of ether oxygens (including phenoxy) is 1. The van der Waals surface area contributed by atoms with Crippen LogP contribution in [0.25, 0.3) is 12.2 Å². The Hall–Kier alpha value is -2.29. The molecule has 0 saturated heterocycles. The quantitative estimate of drug-likeness (QED) is 0.876. The summed E-state index contributed by atoms with van der Waals surface area (Å²) in [5.74, 6) is 0.815. The normalized spacial score (nSPS) is 10.6. The Balaban J connectivity index is 2.24. The monoisotopic (exact) mass is 227 g/mol. The van der Waals surface area contributed by atoms with Crippen LogP contribution in [-0.2, 0) is 0 Å². The second-order valence-corrected chi connectivity index (χ2v) is 3.55. The van der Waals surface area contributed by atoms with Crippen molar-refractivity contribution in [1.29, 1.82) is 0 Å². The van der Waals surface area contributed by atoms with E-state index < -0.39 is 0 Å². The second-order valence-electron chi connectivity index (χ2n) is 3.55. The van der Waals surface area contributed by atoms with Gasteiger partial charge in [0, 0.05) is 12.3 Å². The summed E-state index contributed by atoms with van der Waals surface area (Å²) in [6.07, 6.45) is 5.50. The lowest BCUT2D eigenvalue weighted by molar-refractivity contribution is 0.407. The number of aromatic hydroxyl groups is 1. The van der Waals surface area contributed by atoms with Gasteiger partial charge in [0.05, 0.1) is 12.8 Å². The molecule has 0 bridgehead atoms. The van der Waals surface area contributed by atoms with Crippen molar-refractivity contribution >= 4 is 12.2 Å². The van der Waals surface area contributed by atoms with Crippen LogP contribution in [-0.4, -0.2) is 17.2 Å². The molecule has 0 amide bonds. The van der Waals surface area contributed by atoms with E-state index in [4.69, 9.17) is 4.74 Å². The Morgan fingerprint density at radius 3 is 2.76 bits per heavy atom. The van der Waals surface area contributed by atoms with Crippen molar-refractivity contribution in [3.8, 4) is 11.5 Å². The number of phenolic OH excluding ortho intramolecular Hbond substituents is 1. The highest BCUT2D eigenvalue weighted by atomic mass is 16.5. The Morgan fingerprint density at radius 1 is 1.18 bits per heavy atom. The smallest absolute Gasteiger partial charge is 0.123 e. The molecule has 0 spiro atoms. The zero-order valence-corrected chi connectivity index (χ0v) is 9.50. The van der Waals surface area contributed by atoms with Gasteiger partial charge >= 0.3 is 0 Å². The molecule has 1 aromatic carbocycles. The van der Waals surface area contributed by atoms with Gasteiger partial charge in [0.25, 0.3) is 0 Å². The van der Waals surface area contributed by atoms with Crippen molar-refractivity contribution in [1.82, 2.24) is 4.98 Å². The third kappa shape index (κ3) is 3.08. The summed E-state index contributed by atoms with van der Waals surface area (Å²) in [4.78, 5) is 4.18. The lowest BCUT2D eigenvalue weighted by Crippen LogP contribution is -1.83. The summed E-state index contributed by atoms with van der Waals surface area (Å²) >= 11 is 0. The largest absolute Gasteiger partial charge is 0.508 e. The van der Waals surface area contributed by atoms with Gasteiger partial charge in [-0.05, 0) is 35.9 Å². The molecule has 0 fully saturated rings. The zero-order valence-electron chi connectivity index (χ0n) is 9.50. The lowest BCUT2D eigenvalue weighted by atomic mass is 10.1. The van der Waals surface area contributed by atoms with Gasteiger partial charge < -0.3 is 9.84 Å². The summed E-state index contributed by atoms with van der Waals surface area (Å²) < 4.78 is 5.08. The van der Waals surface area contributed by atoms with Gasteiger partial charge in [-0.25, -0.2) is 0 Å². The maximum Gasteiger partial charge on any atom is 0.123 e. The highest BCUT2D eigenvalue weighted by Crippen LogP contribution is 2.22. The molecular weight excluding hydrogens is 214 g/mol. The van der Waals surface area contributed by atoms with Crippen molar-refractivity contribution < 1.29 is 9.84 Å². The maximum absolute atomic E-state index is 9.49. The van der Waals surface area contributed by atoms with Crippen LogP contribution < -0.4 is 4.74 Å². The van der Waals surface area contributed by atoms with Gasteiger partial charge in [-0.15, -0.1) is 0 Å². The highest BCUT2D eigenvalue weighted by molar-refractivity contribution is 5.69. The van der Waals surface area contributed by atoms with E-state index in [0.29, 0.717) is 5.75 Å². The molecule has 0 aliphatic carbocycles. The predicted molar refractivity (Wildman–Crippen MR) is 67.8 cm³/mol. The molecule has 1 heterocycles. The van der Waals surface area contributed by atoms with Gasteiger partial charge in [-0.2, -0.15) is 0 Å². The van der Waals surface area contributed by atoms with E-state index in [-0.39, 0.29) is 5.75 Å². The molecule has 1 aromatic heterocycles. The van der Waals surface area contributed by atoms with Crippen molar-refractivity contribution in [2.75, 3.05) is 7.11 Å². The molecule has 0 unspecified atom stereocenters. The van der Waals surface area contributed by atoms with E-state index in [1.54, 1.807) is 25.4 Å². The topological polar surface area (TPSA) is 42.4 Å². The molecule has 0 saturated carbocycles. The minimum absolute atomic E-state index is 0.185. The van der Waals surface area contributed by atoms with Gasteiger partial charge in [0.1, 0.15) is 11.5 Å². The van der Waals surface area contributed by atoms with Gasteiger partial charge in [-0.1, -0.05) is 12.1 Å². The average Bonchev–Trinajstić information content (AvgIpc) is 2.37. The van der Waals surface area contributed by atoms with Crippen LogP contribution in [0.1, 0.15) is 11.3 Å². The molecule has 3 nitrogen and oxygen atoms in total. The fourth-order valence-corrected chi connectivity index (χ4v) is 1.48. The molecule has 2 aromatic rings. The van der Waals surface area contributed by atoms with Crippen molar-refractivity contribution in [3.63, 3.8) is 0 Å². The number of hydrogen-bond donors (Lipinski definition) is 1.